The molecular formula is C14H22N2O3. The third-order valence-electron chi connectivity index (χ3n) is 4.15. The number of nitrogens with zero attached hydrogens (tertiary/aromatic N) is 1. The predicted octanol–water partition coefficient (Wildman–Crippen LogP) is 1.01. The van der Waals surface area contributed by atoms with E-state index in [1.807, 2.05) is 0 Å². The summed E-state index contributed by atoms with van der Waals surface area (Å²) in [4.78, 5) is 24.5. The van der Waals surface area contributed by atoms with Crippen molar-refractivity contribution in [1.82, 2.24) is 10.2 Å². The van der Waals surface area contributed by atoms with E-state index in [2.05, 4.69) is 11.9 Å². The van der Waals surface area contributed by atoms with Crippen molar-refractivity contribution in [2.75, 3.05) is 13.1 Å². The van der Waals surface area contributed by atoms with Gasteiger partial charge in [0.1, 0.15) is 6.54 Å². The van der Waals surface area contributed by atoms with Crippen LogP contribution >= 0.6 is 0 Å². The molecule has 1 saturated heterocycles. The minimum absolute atomic E-state index is 0.100. The third kappa shape index (κ3) is 3.35. The molecule has 3 atom stereocenters. The lowest BCUT2D eigenvalue weighted by molar-refractivity contribution is -0.144. The number of carbonyl (C=O) groups excluding carboxylic acids is 1. The van der Waals surface area contributed by atoms with Crippen molar-refractivity contribution in [2.45, 2.75) is 44.2 Å². The first kappa shape index (κ1) is 14.1. The number of carboxylic acid groups (broad SMARTS) is 1. The van der Waals surface area contributed by atoms with Crippen molar-refractivity contribution in [3.05, 3.63) is 12.7 Å². The smallest absolute Gasteiger partial charge is 0.323 e. The summed E-state index contributed by atoms with van der Waals surface area (Å²) in [7, 11) is 0. The summed E-state index contributed by atoms with van der Waals surface area (Å²) in [6.45, 7) is 3.62. The predicted molar refractivity (Wildman–Crippen MR) is 71.7 cm³/mol. The Morgan fingerprint density at radius 3 is 2.74 bits per heavy atom. The molecule has 0 aromatic rings. The van der Waals surface area contributed by atoms with E-state index < -0.39 is 5.97 Å². The molecule has 2 aliphatic rings. The minimum atomic E-state index is -0.981. The molecule has 0 radical (unpaired) electrons. The van der Waals surface area contributed by atoms with Gasteiger partial charge in [0, 0.05) is 12.6 Å². The van der Waals surface area contributed by atoms with Gasteiger partial charge >= 0.3 is 5.97 Å². The van der Waals surface area contributed by atoms with E-state index in [0.717, 1.165) is 12.8 Å². The van der Waals surface area contributed by atoms with Gasteiger partial charge in [-0.15, -0.1) is 6.58 Å². The molecule has 0 spiro atoms. The van der Waals surface area contributed by atoms with Gasteiger partial charge in [-0.25, -0.2) is 0 Å². The maximum atomic E-state index is 12.4. The van der Waals surface area contributed by atoms with Gasteiger partial charge in [-0.05, 0) is 25.2 Å². The van der Waals surface area contributed by atoms with E-state index in [9.17, 15) is 9.59 Å². The Morgan fingerprint density at radius 1 is 1.37 bits per heavy atom. The van der Waals surface area contributed by atoms with Gasteiger partial charge < -0.3 is 15.3 Å². The van der Waals surface area contributed by atoms with Crippen LogP contribution in [0.4, 0.5) is 0 Å². The van der Waals surface area contributed by atoms with Crippen LogP contribution in [0.15, 0.2) is 12.7 Å². The van der Waals surface area contributed by atoms with Crippen LogP contribution in [0.3, 0.4) is 0 Å². The molecule has 2 fully saturated rings. The second kappa shape index (κ2) is 6.19. The number of hydrogen-bond acceptors (Lipinski definition) is 3. The SMILES string of the molecule is C=CCN(CC(=O)O)C(=O)C1CC2CCCCC2N1. The largest absolute Gasteiger partial charge is 0.480 e. The summed E-state index contributed by atoms with van der Waals surface area (Å²) in [5.74, 6) is -0.500. The molecule has 1 heterocycles. The number of aliphatic carboxylic acids is 1. The van der Waals surface area contributed by atoms with Gasteiger partial charge in [0.2, 0.25) is 5.91 Å². The second-order valence-electron chi connectivity index (χ2n) is 5.51. The highest BCUT2D eigenvalue weighted by atomic mass is 16.4. The van der Waals surface area contributed by atoms with E-state index in [1.165, 1.54) is 24.2 Å². The van der Waals surface area contributed by atoms with Gasteiger partial charge in [-0.2, -0.15) is 0 Å². The van der Waals surface area contributed by atoms with E-state index >= 15 is 0 Å². The number of hydrogen-bond donors (Lipinski definition) is 2. The van der Waals surface area contributed by atoms with Gasteiger partial charge in [0.25, 0.3) is 0 Å². The first-order valence-electron chi connectivity index (χ1n) is 6.99. The molecule has 0 aromatic carbocycles. The summed E-state index contributed by atoms with van der Waals surface area (Å²) >= 11 is 0. The Labute approximate surface area is 113 Å². The van der Waals surface area contributed by atoms with Crippen LogP contribution < -0.4 is 5.32 Å². The molecule has 0 bridgehead atoms. The zero-order valence-electron chi connectivity index (χ0n) is 11.2. The lowest BCUT2D eigenvalue weighted by Crippen LogP contribution is -2.47. The fourth-order valence-corrected chi connectivity index (χ4v) is 3.28. The normalized spacial score (nSPS) is 29.6. The third-order valence-corrected chi connectivity index (χ3v) is 4.15. The van der Waals surface area contributed by atoms with E-state index in [1.54, 1.807) is 6.08 Å². The number of nitrogens with one attached hydrogen (secondary N) is 1. The van der Waals surface area contributed by atoms with Crippen LogP contribution in [0.1, 0.15) is 32.1 Å². The molecule has 5 nitrogen and oxygen atoms in total. The molecule has 1 aliphatic heterocycles. The first-order valence-corrected chi connectivity index (χ1v) is 6.99. The van der Waals surface area contributed by atoms with Crippen LogP contribution in [0, 0.1) is 5.92 Å². The summed E-state index contributed by atoms with van der Waals surface area (Å²) in [5, 5.41) is 12.2. The average Bonchev–Trinajstić information content (AvgIpc) is 2.80. The molecule has 19 heavy (non-hydrogen) atoms. The van der Waals surface area contributed by atoms with Gasteiger partial charge in [0.15, 0.2) is 0 Å². The fourth-order valence-electron chi connectivity index (χ4n) is 3.28. The highest BCUT2D eigenvalue weighted by Gasteiger charge is 2.39. The van der Waals surface area contributed by atoms with Crippen molar-refractivity contribution < 1.29 is 14.7 Å². The minimum Gasteiger partial charge on any atom is -0.480 e. The highest BCUT2D eigenvalue weighted by Crippen LogP contribution is 2.33. The Balaban J connectivity index is 1.97. The van der Waals surface area contributed by atoms with Crippen LogP contribution in [0.5, 0.6) is 0 Å². The molecule has 5 heteroatoms. The monoisotopic (exact) mass is 266 g/mol. The van der Waals surface area contributed by atoms with E-state index in [0.29, 0.717) is 18.5 Å². The zero-order valence-corrected chi connectivity index (χ0v) is 11.2. The highest BCUT2D eigenvalue weighted by molar-refractivity contribution is 5.85. The molecule has 106 valence electrons. The van der Waals surface area contributed by atoms with Gasteiger partial charge in [-0.1, -0.05) is 18.9 Å². The Kier molecular flexibility index (Phi) is 4.58. The van der Waals surface area contributed by atoms with E-state index in [-0.39, 0.29) is 18.5 Å². The number of carboxylic acids is 1. The van der Waals surface area contributed by atoms with Crippen molar-refractivity contribution in [3.63, 3.8) is 0 Å². The molecule has 1 saturated carbocycles. The molecule has 1 amide bonds. The number of amides is 1. The zero-order chi connectivity index (χ0) is 13.8. The topological polar surface area (TPSA) is 69.6 Å². The maximum Gasteiger partial charge on any atom is 0.323 e. The van der Waals surface area contributed by atoms with Crippen LogP contribution in [0.2, 0.25) is 0 Å². The van der Waals surface area contributed by atoms with Crippen molar-refractivity contribution in [1.29, 1.82) is 0 Å². The number of fused-ring (bicyclic) bond motifs is 1. The fraction of sp³-hybridized carbons (Fsp3) is 0.714. The lowest BCUT2D eigenvalue weighted by atomic mass is 9.85. The number of rotatable bonds is 5. The van der Waals surface area contributed by atoms with Crippen molar-refractivity contribution in [3.8, 4) is 0 Å². The molecular weight excluding hydrogens is 244 g/mol. The summed E-state index contributed by atoms with van der Waals surface area (Å²) in [6.07, 6.45) is 7.20. The summed E-state index contributed by atoms with van der Waals surface area (Å²) < 4.78 is 0. The van der Waals surface area contributed by atoms with Crippen LogP contribution in [0.25, 0.3) is 0 Å². The molecule has 3 unspecified atom stereocenters. The summed E-state index contributed by atoms with van der Waals surface area (Å²) in [5.41, 5.74) is 0. The first-order chi connectivity index (χ1) is 9.11. The summed E-state index contributed by atoms with van der Waals surface area (Å²) in [6, 6.07) is 0.227. The lowest BCUT2D eigenvalue weighted by Gasteiger charge is -2.24. The molecule has 0 aromatic heterocycles. The van der Waals surface area contributed by atoms with Crippen molar-refractivity contribution in [2.24, 2.45) is 5.92 Å². The molecule has 2 rings (SSSR count). The second-order valence-corrected chi connectivity index (χ2v) is 5.51. The van der Waals surface area contributed by atoms with Gasteiger partial charge in [0.05, 0.1) is 6.04 Å². The molecule has 2 N–H and O–H groups in total. The van der Waals surface area contributed by atoms with Crippen molar-refractivity contribution >= 4 is 11.9 Å². The Hall–Kier alpha value is -1.36. The van der Waals surface area contributed by atoms with Crippen LogP contribution in [-0.4, -0.2) is 47.1 Å². The maximum absolute atomic E-state index is 12.4. The molecule has 1 aliphatic carbocycles. The Morgan fingerprint density at radius 2 is 2.11 bits per heavy atom. The number of carbonyl (C=O) groups is 2. The average molecular weight is 266 g/mol. The standard InChI is InChI=1S/C14H22N2O3/c1-2-7-16(9-13(17)18)14(19)12-8-10-5-3-4-6-11(10)15-12/h2,10-12,15H,1,3-9H2,(H,17,18). The Bertz CT molecular complexity index is 356. The quantitative estimate of drug-likeness (QED) is 0.729. The van der Waals surface area contributed by atoms with Crippen LogP contribution in [-0.2, 0) is 9.59 Å². The van der Waals surface area contributed by atoms with Gasteiger partial charge in [-0.3, -0.25) is 9.59 Å². The van der Waals surface area contributed by atoms with E-state index in [4.69, 9.17) is 5.11 Å².